The fourth-order valence-electron chi connectivity index (χ4n) is 3.87. The van der Waals surface area contributed by atoms with E-state index in [4.69, 9.17) is 4.74 Å². The number of nitro groups is 1. The number of morpholine rings is 1. The van der Waals surface area contributed by atoms with Crippen LogP contribution in [-0.4, -0.2) is 45.7 Å². The summed E-state index contributed by atoms with van der Waals surface area (Å²) in [6, 6.07) is 11.3. The molecule has 1 amide bonds. The first-order valence-corrected chi connectivity index (χ1v) is 10.2. The molecule has 0 radical (unpaired) electrons. The van der Waals surface area contributed by atoms with Gasteiger partial charge in [-0.1, -0.05) is 0 Å². The van der Waals surface area contributed by atoms with Gasteiger partial charge in [0, 0.05) is 36.6 Å². The molecule has 2 aromatic carbocycles. The summed E-state index contributed by atoms with van der Waals surface area (Å²) in [5, 5.41) is 13.9. The molecule has 4 rings (SSSR count). The van der Waals surface area contributed by atoms with Gasteiger partial charge < -0.3 is 15.0 Å². The molecule has 2 atom stereocenters. The van der Waals surface area contributed by atoms with Crippen molar-refractivity contribution in [3.63, 3.8) is 0 Å². The topological polar surface area (TPSA) is 120 Å². The molecule has 1 aromatic heterocycles. The number of carbonyl (C=O) groups is 1. The van der Waals surface area contributed by atoms with E-state index in [1.54, 1.807) is 0 Å². The van der Waals surface area contributed by atoms with Crippen LogP contribution in [0.3, 0.4) is 0 Å². The lowest BCUT2D eigenvalue weighted by atomic mass is 10.2. The predicted octanol–water partition coefficient (Wildman–Crippen LogP) is 2.56. The van der Waals surface area contributed by atoms with Crippen molar-refractivity contribution in [3.05, 3.63) is 69.3 Å². The van der Waals surface area contributed by atoms with Crippen LogP contribution in [0.1, 0.15) is 13.8 Å². The highest BCUT2D eigenvalue weighted by Crippen LogP contribution is 2.22. The van der Waals surface area contributed by atoms with Gasteiger partial charge in [-0.15, -0.1) is 0 Å². The fourth-order valence-corrected chi connectivity index (χ4v) is 3.87. The first-order chi connectivity index (χ1) is 15.3. The third kappa shape index (κ3) is 4.59. The summed E-state index contributed by atoms with van der Waals surface area (Å²) in [5.74, 6) is -0.378. The van der Waals surface area contributed by atoms with Crippen LogP contribution < -0.4 is 15.8 Å². The summed E-state index contributed by atoms with van der Waals surface area (Å²) >= 11 is 0. The molecule has 0 aliphatic carbocycles. The molecule has 1 aliphatic heterocycles. The van der Waals surface area contributed by atoms with E-state index < -0.39 is 10.5 Å². The smallest absolute Gasteiger partial charge is 0.271 e. The number of nitrogens with one attached hydrogen (secondary N) is 1. The summed E-state index contributed by atoms with van der Waals surface area (Å²) in [4.78, 5) is 41.8. The van der Waals surface area contributed by atoms with Gasteiger partial charge in [-0.2, -0.15) is 0 Å². The Hall–Kier alpha value is -3.79. The fraction of sp³-hybridized carbons (Fsp3) is 0.318. The monoisotopic (exact) mass is 437 g/mol. The van der Waals surface area contributed by atoms with Gasteiger partial charge in [0.2, 0.25) is 5.91 Å². The molecule has 0 spiro atoms. The Bertz CT molecular complexity index is 1210. The van der Waals surface area contributed by atoms with Crippen LogP contribution in [0.15, 0.2) is 53.6 Å². The van der Waals surface area contributed by atoms with Crippen LogP contribution in [-0.2, 0) is 16.1 Å². The van der Waals surface area contributed by atoms with Gasteiger partial charge in [-0.3, -0.25) is 24.3 Å². The number of benzene rings is 2. The molecule has 32 heavy (non-hydrogen) atoms. The molecule has 166 valence electrons. The van der Waals surface area contributed by atoms with Crippen molar-refractivity contribution in [2.45, 2.75) is 32.6 Å². The number of fused-ring (bicyclic) bond motifs is 1. The number of aromatic nitrogens is 2. The van der Waals surface area contributed by atoms with E-state index in [9.17, 15) is 19.7 Å². The normalized spacial score (nSPS) is 18.5. The number of nitro benzene ring substituents is 1. The van der Waals surface area contributed by atoms with E-state index in [0.717, 1.165) is 18.8 Å². The minimum absolute atomic E-state index is 0.149. The summed E-state index contributed by atoms with van der Waals surface area (Å²) in [6.07, 6.45) is 1.52. The molecule has 10 nitrogen and oxygen atoms in total. The molecule has 1 aliphatic rings. The third-order valence-corrected chi connectivity index (χ3v) is 5.27. The van der Waals surface area contributed by atoms with Crippen molar-refractivity contribution in [3.8, 4) is 0 Å². The largest absolute Gasteiger partial charge is 0.372 e. The highest BCUT2D eigenvalue weighted by molar-refractivity contribution is 5.91. The number of anilines is 2. The van der Waals surface area contributed by atoms with Gasteiger partial charge in [-0.05, 0) is 44.2 Å². The quantitative estimate of drug-likeness (QED) is 0.481. The summed E-state index contributed by atoms with van der Waals surface area (Å²) in [5.41, 5.74) is 1.29. The Labute approximate surface area is 183 Å². The zero-order valence-electron chi connectivity index (χ0n) is 17.7. The molecule has 0 bridgehead atoms. The zero-order valence-corrected chi connectivity index (χ0v) is 17.7. The van der Waals surface area contributed by atoms with E-state index >= 15 is 0 Å². The average molecular weight is 437 g/mol. The molecule has 1 saturated heterocycles. The SMILES string of the molecule is CC1CN(c2ccc(NC(=O)Cn3cnc4cc([N+](=O)[O-])ccc4c3=O)cc2)CC(C)O1. The second kappa shape index (κ2) is 8.75. The van der Waals surface area contributed by atoms with E-state index in [1.807, 2.05) is 38.1 Å². The maximum Gasteiger partial charge on any atom is 0.271 e. The second-order valence-corrected chi connectivity index (χ2v) is 7.89. The second-order valence-electron chi connectivity index (χ2n) is 7.89. The number of carbonyl (C=O) groups excluding carboxylic acids is 1. The van der Waals surface area contributed by atoms with Crippen LogP contribution in [0.25, 0.3) is 10.9 Å². The standard InChI is InChI=1S/C22H23N5O5/c1-14-10-25(11-15(2)32-14)17-5-3-16(4-6-17)24-21(28)12-26-13-23-20-9-18(27(30)31)7-8-19(20)22(26)29/h3-9,13-15H,10-12H2,1-2H3,(H,24,28). The molecule has 2 heterocycles. The first kappa shape index (κ1) is 21.4. The summed E-state index contributed by atoms with van der Waals surface area (Å²) in [6.45, 7) is 5.47. The van der Waals surface area contributed by atoms with Crippen LogP contribution in [0, 0.1) is 10.1 Å². The van der Waals surface area contributed by atoms with E-state index in [-0.39, 0.29) is 41.3 Å². The Morgan fingerprint density at radius 1 is 1.19 bits per heavy atom. The molecule has 0 saturated carbocycles. The molecular formula is C22H23N5O5. The predicted molar refractivity (Wildman–Crippen MR) is 120 cm³/mol. The molecule has 10 heteroatoms. The average Bonchev–Trinajstić information content (AvgIpc) is 2.75. The number of hydrogen-bond acceptors (Lipinski definition) is 7. The number of nitrogens with zero attached hydrogens (tertiary/aromatic N) is 4. The van der Waals surface area contributed by atoms with Crippen molar-refractivity contribution in [2.24, 2.45) is 0 Å². The number of ether oxygens (including phenoxy) is 1. The van der Waals surface area contributed by atoms with Gasteiger partial charge in [0.05, 0.1) is 34.4 Å². The van der Waals surface area contributed by atoms with E-state index in [1.165, 1.54) is 29.1 Å². The molecule has 1 N–H and O–H groups in total. The number of rotatable bonds is 5. The number of hydrogen-bond donors (Lipinski definition) is 1. The van der Waals surface area contributed by atoms with Crippen molar-refractivity contribution >= 4 is 33.9 Å². The van der Waals surface area contributed by atoms with Crippen molar-refractivity contribution < 1.29 is 14.5 Å². The van der Waals surface area contributed by atoms with Crippen LogP contribution in [0.2, 0.25) is 0 Å². The van der Waals surface area contributed by atoms with E-state index in [2.05, 4.69) is 15.2 Å². The first-order valence-electron chi connectivity index (χ1n) is 10.2. The molecular weight excluding hydrogens is 414 g/mol. The van der Waals surface area contributed by atoms with Crippen molar-refractivity contribution in [1.29, 1.82) is 0 Å². The Balaban J connectivity index is 1.44. The lowest BCUT2D eigenvalue weighted by molar-refractivity contribution is -0.384. The molecule has 3 aromatic rings. The van der Waals surface area contributed by atoms with Gasteiger partial charge >= 0.3 is 0 Å². The van der Waals surface area contributed by atoms with Gasteiger partial charge in [0.25, 0.3) is 11.2 Å². The van der Waals surface area contributed by atoms with Gasteiger partial charge in [0.15, 0.2) is 0 Å². The Morgan fingerprint density at radius 3 is 2.53 bits per heavy atom. The lowest BCUT2D eigenvalue weighted by Crippen LogP contribution is -2.45. The third-order valence-electron chi connectivity index (χ3n) is 5.27. The minimum atomic E-state index is -0.550. The zero-order chi connectivity index (χ0) is 22.8. The highest BCUT2D eigenvalue weighted by Gasteiger charge is 2.22. The lowest BCUT2D eigenvalue weighted by Gasteiger charge is -2.36. The van der Waals surface area contributed by atoms with E-state index in [0.29, 0.717) is 5.69 Å². The number of amides is 1. The van der Waals surface area contributed by atoms with Gasteiger partial charge in [-0.25, -0.2) is 4.98 Å². The van der Waals surface area contributed by atoms with Gasteiger partial charge in [0.1, 0.15) is 6.54 Å². The molecule has 1 fully saturated rings. The van der Waals surface area contributed by atoms with Crippen LogP contribution in [0.5, 0.6) is 0 Å². The minimum Gasteiger partial charge on any atom is -0.372 e. The highest BCUT2D eigenvalue weighted by atomic mass is 16.6. The Kier molecular flexibility index (Phi) is 5.87. The molecule has 2 unspecified atom stereocenters. The van der Waals surface area contributed by atoms with Crippen molar-refractivity contribution in [1.82, 2.24) is 9.55 Å². The maximum atomic E-state index is 12.6. The maximum absolute atomic E-state index is 12.6. The van der Waals surface area contributed by atoms with Crippen LogP contribution in [0.4, 0.5) is 17.1 Å². The summed E-state index contributed by atoms with van der Waals surface area (Å²) in [7, 11) is 0. The van der Waals surface area contributed by atoms with Crippen LogP contribution >= 0.6 is 0 Å². The summed E-state index contributed by atoms with van der Waals surface area (Å²) < 4.78 is 6.94. The Morgan fingerprint density at radius 2 is 1.88 bits per heavy atom. The number of non-ortho nitro benzene ring substituents is 1. The van der Waals surface area contributed by atoms with Crippen molar-refractivity contribution in [2.75, 3.05) is 23.3 Å².